The Kier molecular flexibility index (Phi) is 7.01. The molecule has 2 aliphatic rings. The van der Waals surface area contributed by atoms with Crippen molar-refractivity contribution in [1.82, 2.24) is 14.5 Å². The number of aliphatic hydroxyl groups excluding tert-OH is 1. The standard InChI is InChI=1S/C18H21ClFN3O2.CH2O2/c19-13-5-12(6-14(20)7-13)18-21-2-3-23(18)15-8-16-11-25-17(1-4-24)10-22(16)9-15;2-1-3/h2-3,5-7,15-17,24H,1,4,8-11H2;1H,(H,2,3)/t15-,16+,17+;/m1./s1. The fourth-order valence-electron chi connectivity index (χ4n) is 3.95. The Morgan fingerprint density at radius 2 is 2.11 bits per heavy atom. The van der Waals surface area contributed by atoms with Crippen molar-refractivity contribution < 1.29 is 24.1 Å². The molecule has 3 atom stereocenters. The normalized spacial score (nSPS) is 24.3. The fourth-order valence-corrected chi connectivity index (χ4v) is 4.17. The van der Waals surface area contributed by atoms with Crippen LogP contribution in [0.1, 0.15) is 18.9 Å². The summed E-state index contributed by atoms with van der Waals surface area (Å²) in [6.07, 6.45) is 5.44. The summed E-state index contributed by atoms with van der Waals surface area (Å²) in [5.74, 6) is 0.375. The van der Waals surface area contributed by atoms with Gasteiger partial charge in [0.1, 0.15) is 11.6 Å². The van der Waals surface area contributed by atoms with Crippen LogP contribution < -0.4 is 0 Å². The highest BCUT2D eigenvalue weighted by Gasteiger charge is 2.38. The van der Waals surface area contributed by atoms with Gasteiger partial charge in [-0.25, -0.2) is 9.37 Å². The molecule has 0 radical (unpaired) electrons. The predicted octanol–water partition coefficient (Wildman–Crippen LogP) is 2.44. The lowest BCUT2D eigenvalue weighted by atomic mass is 10.1. The number of imidazole rings is 1. The molecule has 2 fully saturated rings. The number of nitrogens with zero attached hydrogens (tertiary/aromatic N) is 3. The molecular weight excluding hydrogens is 389 g/mol. The molecule has 28 heavy (non-hydrogen) atoms. The quantitative estimate of drug-likeness (QED) is 0.751. The van der Waals surface area contributed by atoms with Crippen molar-refractivity contribution in [2.75, 3.05) is 26.3 Å². The van der Waals surface area contributed by atoms with Crippen LogP contribution in [0.4, 0.5) is 4.39 Å². The van der Waals surface area contributed by atoms with E-state index < -0.39 is 0 Å². The summed E-state index contributed by atoms with van der Waals surface area (Å²) in [5.41, 5.74) is 0.689. The molecule has 4 rings (SSSR count). The average Bonchev–Trinajstić information content (AvgIpc) is 3.28. The Bertz CT molecular complexity index is 783. The number of carbonyl (C=O) groups is 1. The van der Waals surface area contributed by atoms with Crippen molar-refractivity contribution in [3.63, 3.8) is 0 Å². The number of aliphatic hydroxyl groups is 1. The first-order valence-corrected chi connectivity index (χ1v) is 9.47. The Hall–Kier alpha value is -2.00. The molecule has 0 aliphatic carbocycles. The van der Waals surface area contributed by atoms with E-state index in [0.29, 0.717) is 29.7 Å². The number of ether oxygens (including phenoxy) is 1. The second-order valence-electron chi connectivity index (χ2n) is 6.89. The molecule has 0 spiro atoms. The van der Waals surface area contributed by atoms with Crippen LogP contribution >= 0.6 is 11.6 Å². The molecular formula is C19H23ClFN3O4. The highest BCUT2D eigenvalue weighted by Crippen LogP contribution is 2.34. The van der Waals surface area contributed by atoms with Gasteiger partial charge in [0.25, 0.3) is 6.47 Å². The van der Waals surface area contributed by atoms with E-state index in [9.17, 15) is 4.39 Å². The average molecular weight is 412 g/mol. The highest BCUT2D eigenvalue weighted by molar-refractivity contribution is 6.30. The number of rotatable bonds is 4. The van der Waals surface area contributed by atoms with Crippen LogP contribution in [0.5, 0.6) is 0 Å². The Morgan fingerprint density at radius 1 is 1.32 bits per heavy atom. The van der Waals surface area contributed by atoms with Gasteiger partial charge in [-0.3, -0.25) is 9.69 Å². The third-order valence-electron chi connectivity index (χ3n) is 5.10. The molecule has 0 amide bonds. The molecule has 3 heterocycles. The summed E-state index contributed by atoms with van der Waals surface area (Å²) in [6.45, 7) is 2.34. The van der Waals surface area contributed by atoms with E-state index in [4.69, 9.17) is 31.3 Å². The summed E-state index contributed by atoms with van der Waals surface area (Å²) in [5, 5.41) is 16.4. The summed E-state index contributed by atoms with van der Waals surface area (Å²) in [4.78, 5) is 15.2. The molecule has 9 heteroatoms. The van der Waals surface area contributed by atoms with Crippen molar-refractivity contribution in [2.24, 2.45) is 0 Å². The number of morpholine rings is 1. The van der Waals surface area contributed by atoms with Crippen LogP contribution in [0.15, 0.2) is 30.6 Å². The number of aromatic nitrogens is 2. The second kappa shape index (κ2) is 9.47. The lowest BCUT2D eigenvalue weighted by molar-refractivity contribution is -0.122. The first-order chi connectivity index (χ1) is 13.5. The number of benzene rings is 1. The largest absolute Gasteiger partial charge is 0.483 e. The maximum absolute atomic E-state index is 13.7. The van der Waals surface area contributed by atoms with E-state index in [1.807, 2.05) is 6.20 Å². The zero-order valence-corrected chi connectivity index (χ0v) is 16.0. The number of hydrogen-bond donors (Lipinski definition) is 2. The Morgan fingerprint density at radius 3 is 2.82 bits per heavy atom. The van der Waals surface area contributed by atoms with E-state index in [0.717, 1.165) is 25.3 Å². The van der Waals surface area contributed by atoms with Gasteiger partial charge < -0.3 is 19.5 Å². The van der Waals surface area contributed by atoms with Crippen molar-refractivity contribution in [1.29, 1.82) is 0 Å². The summed E-state index contributed by atoms with van der Waals surface area (Å²) >= 11 is 6.00. The highest BCUT2D eigenvalue weighted by atomic mass is 35.5. The number of carboxylic acid groups (broad SMARTS) is 1. The lowest BCUT2D eigenvalue weighted by Gasteiger charge is -2.34. The summed E-state index contributed by atoms with van der Waals surface area (Å²) in [6, 6.07) is 5.15. The van der Waals surface area contributed by atoms with Gasteiger partial charge in [0.15, 0.2) is 0 Å². The first kappa shape index (κ1) is 20.7. The van der Waals surface area contributed by atoms with E-state index in [1.54, 1.807) is 12.3 Å². The van der Waals surface area contributed by atoms with Crippen LogP contribution in [-0.2, 0) is 9.53 Å². The minimum absolute atomic E-state index is 0.101. The number of hydrogen-bond acceptors (Lipinski definition) is 5. The van der Waals surface area contributed by atoms with E-state index in [2.05, 4.69) is 14.5 Å². The van der Waals surface area contributed by atoms with Gasteiger partial charge in [0.05, 0.1) is 12.7 Å². The molecule has 0 saturated carbocycles. The first-order valence-electron chi connectivity index (χ1n) is 9.09. The second-order valence-corrected chi connectivity index (χ2v) is 7.32. The van der Waals surface area contributed by atoms with Crippen LogP contribution in [0.3, 0.4) is 0 Å². The van der Waals surface area contributed by atoms with Crippen molar-refractivity contribution in [3.8, 4) is 11.4 Å². The number of fused-ring (bicyclic) bond motifs is 1. The Labute approximate surface area is 167 Å². The van der Waals surface area contributed by atoms with E-state index >= 15 is 0 Å². The zero-order chi connectivity index (χ0) is 20.1. The van der Waals surface area contributed by atoms with Gasteiger partial charge in [-0.2, -0.15) is 0 Å². The van der Waals surface area contributed by atoms with Gasteiger partial charge in [0.2, 0.25) is 0 Å². The molecule has 1 aromatic heterocycles. The molecule has 2 N–H and O–H groups in total. The maximum Gasteiger partial charge on any atom is 0.290 e. The van der Waals surface area contributed by atoms with Gasteiger partial charge in [0, 0.05) is 54.8 Å². The molecule has 2 aliphatic heterocycles. The Balaban J connectivity index is 0.000000706. The van der Waals surface area contributed by atoms with Gasteiger partial charge in [-0.05, 0) is 31.0 Å². The van der Waals surface area contributed by atoms with E-state index in [-0.39, 0.29) is 31.0 Å². The van der Waals surface area contributed by atoms with Gasteiger partial charge in [-0.15, -0.1) is 0 Å². The molecule has 152 valence electrons. The molecule has 1 aromatic carbocycles. The molecule has 0 unspecified atom stereocenters. The predicted molar refractivity (Wildman–Crippen MR) is 102 cm³/mol. The van der Waals surface area contributed by atoms with Crippen molar-refractivity contribution in [3.05, 3.63) is 41.4 Å². The minimum atomic E-state index is -0.360. The summed E-state index contributed by atoms with van der Waals surface area (Å²) in [7, 11) is 0. The SMILES string of the molecule is O=CO.OCC[C@H]1CN2C[C@H](n3ccnc3-c3cc(F)cc(Cl)c3)C[C@H]2CO1. The van der Waals surface area contributed by atoms with Crippen molar-refractivity contribution in [2.45, 2.75) is 31.0 Å². The molecule has 2 aromatic rings. The topological polar surface area (TPSA) is 87.8 Å². The van der Waals surface area contributed by atoms with Gasteiger partial charge in [-0.1, -0.05) is 11.6 Å². The minimum Gasteiger partial charge on any atom is -0.483 e. The van der Waals surface area contributed by atoms with Crippen LogP contribution in [0.2, 0.25) is 5.02 Å². The molecule has 2 saturated heterocycles. The van der Waals surface area contributed by atoms with E-state index in [1.165, 1.54) is 12.1 Å². The third-order valence-corrected chi connectivity index (χ3v) is 5.32. The monoisotopic (exact) mass is 411 g/mol. The molecule has 7 nitrogen and oxygen atoms in total. The van der Waals surface area contributed by atoms with Crippen LogP contribution in [0, 0.1) is 5.82 Å². The lowest BCUT2D eigenvalue weighted by Crippen LogP contribution is -2.46. The van der Waals surface area contributed by atoms with Crippen molar-refractivity contribution >= 4 is 18.1 Å². The maximum atomic E-state index is 13.7. The zero-order valence-electron chi connectivity index (χ0n) is 15.2. The van der Waals surface area contributed by atoms with Gasteiger partial charge >= 0.3 is 0 Å². The third kappa shape index (κ3) is 4.70. The number of halogens is 2. The van der Waals surface area contributed by atoms with Crippen LogP contribution in [0.25, 0.3) is 11.4 Å². The molecule has 0 bridgehead atoms. The fraction of sp³-hybridized carbons (Fsp3) is 0.474. The van der Waals surface area contributed by atoms with Crippen LogP contribution in [-0.4, -0.2) is 69.6 Å². The smallest absolute Gasteiger partial charge is 0.290 e. The summed E-state index contributed by atoms with van der Waals surface area (Å²) < 4.78 is 21.7.